The van der Waals surface area contributed by atoms with Gasteiger partial charge in [-0.25, -0.2) is 17.2 Å². The molecule has 1 aliphatic rings. The molecule has 1 aromatic heterocycles. The van der Waals surface area contributed by atoms with E-state index in [1.165, 1.54) is 6.07 Å². The van der Waals surface area contributed by atoms with Crippen molar-refractivity contribution < 1.29 is 17.2 Å². The average Bonchev–Trinajstić information content (AvgIpc) is 2.93. The summed E-state index contributed by atoms with van der Waals surface area (Å²) in [5, 5.41) is 4.03. The lowest BCUT2D eigenvalue weighted by Gasteiger charge is -2.24. The smallest absolute Gasteiger partial charge is 0.261 e. The predicted octanol–water partition coefficient (Wildman–Crippen LogP) is 3.24. The Labute approximate surface area is 127 Å². The van der Waals surface area contributed by atoms with Crippen molar-refractivity contribution >= 4 is 9.84 Å². The normalized spacial score (nSPS) is 18.7. The molecule has 0 N–H and O–H groups in total. The van der Waals surface area contributed by atoms with Crippen molar-refractivity contribution in [3.05, 3.63) is 42.1 Å². The number of hydrogen-bond acceptors (Lipinski definition) is 3. The van der Waals surface area contributed by atoms with Crippen molar-refractivity contribution in [3.63, 3.8) is 0 Å². The second-order valence-electron chi connectivity index (χ2n) is 5.45. The van der Waals surface area contributed by atoms with E-state index < -0.39 is 16.3 Å². The van der Waals surface area contributed by atoms with Gasteiger partial charge in [0.25, 0.3) is 6.43 Å². The van der Waals surface area contributed by atoms with Crippen LogP contribution < -0.4 is 0 Å². The van der Waals surface area contributed by atoms with Gasteiger partial charge >= 0.3 is 0 Å². The Morgan fingerprint density at radius 2 is 1.77 bits per heavy atom. The van der Waals surface area contributed by atoms with Crippen LogP contribution in [0.25, 0.3) is 11.3 Å². The summed E-state index contributed by atoms with van der Waals surface area (Å²) in [5.41, 5.74) is 1.14. The van der Waals surface area contributed by atoms with Crippen LogP contribution in [0.3, 0.4) is 0 Å². The molecule has 0 saturated carbocycles. The van der Waals surface area contributed by atoms with Crippen LogP contribution in [0, 0.1) is 0 Å². The third kappa shape index (κ3) is 3.04. The van der Waals surface area contributed by atoms with Crippen molar-refractivity contribution in [3.8, 4) is 11.3 Å². The minimum Gasteiger partial charge on any atom is -0.261 e. The van der Waals surface area contributed by atoms with Crippen molar-refractivity contribution in [1.29, 1.82) is 0 Å². The summed E-state index contributed by atoms with van der Waals surface area (Å²) in [6.07, 6.45) is -1.82. The van der Waals surface area contributed by atoms with Crippen LogP contribution in [0.4, 0.5) is 8.78 Å². The van der Waals surface area contributed by atoms with E-state index in [2.05, 4.69) is 5.10 Å². The molecule has 1 saturated heterocycles. The molecule has 0 atom stereocenters. The first-order valence-corrected chi connectivity index (χ1v) is 8.92. The number of aromatic nitrogens is 2. The minimum absolute atomic E-state index is 0.0791. The van der Waals surface area contributed by atoms with Gasteiger partial charge in [0.2, 0.25) is 0 Å². The van der Waals surface area contributed by atoms with Crippen LogP contribution in [0.15, 0.2) is 36.4 Å². The Bertz CT molecular complexity index is 743. The summed E-state index contributed by atoms with van der Waals surface area (Å²) < 4.78 is 50.7. The van der Waals surface area contributed by atoms with E-state index >= 15 is 0 Å². The second kappa shape index (κ2) is 5.79. The van der Waals surface area contributed by atoms with Crippen LogP contribution in [-0.4, -0.2) is 29.7 Å². The highest BCUT2D eigenvalue weighted by Crippen LogP contribution is 2.32. The SMILES string of the molecule is O=S1(=O)CCC(n2nc(C(F)F)cc2-c2ccccc2)CC1. The number of benzene rings is 1. The molecule has 0 bridgehead atoms. The molecule has 0 aliphatic carbocycles. The highest BCUT2D eigenvalue weighted by atomic mass is 32.2. The Morgan fingerprint density at radius 1 is 1.14 bits per heavy atom. The van der Waals surface area contributed by atoms with E-state index in [9.17, 15) is 17.2 Å². The van der Waals surface area contributed by atoms with Gasteiger partial charge in [-0.15, -0.1) is 0 Å². The Balaban J connectivity index is 1.99. The zero-order valence-corrected chi connectivity index (χ0v) is 12.6. The van der Waals surface area contributed by atoms with Gasteiger partial charge in [-0.05, 0) is 24.5 Å². The molecular formula is C15H16F2N2O2S. The van der Waals surface area contributed by atoms with Gasteiger partial charge in [0.05, 0.1) is 23.2 Å². The van der Waals surface area contributed by atoms with E-state index in [-0.39, 0.29) is 23.2 Å². The highest BCUT2D eigenvalue weighted by molar-refractivity contribution is 7.91. The van der Waals surface area contributed by atoms with Gasteiger partial charge in [-0.1, -0.05) is 30.3 Å². The lowest BCUT2D eigenvalue weighted by Crippen LogP contribution is -2.26. The highest BCUT2D eigenvalue weighted by Gasteiger charge is 2.28. The van der Waals surface area contributed by atoms with Crippen LogP contribution in [-0.2, 0) is 9.84 Å². The van der Waals surface area contributed by atoms with E-state index in [4.69, 9.17) is 0 Å². The van der Waals surface area contributed by atoms with Crippen molar-refractivity contribution in [2.24, 2.45) is 0 Å². The molecule has 0 amide bonds. The van der Waals surface area contributed by atoms with Crippen molar-refractivity contribution in [2.75, 3.05) is 11.5 Å². The number of sulfone groups is 1. The summed E-state index contributed by atoms with van der Waals surface area (Å²) in [5.74, 6) is 0.158. The maximum absolute atomic E-state index is 13.0. The molecule has 0 spiro atoms. The molecule has 0 unspecified atom stereocenters. The maximum atomic E-state index is 13.0. The topological polar surface area (TPSA) is 52.0 Å². The van der Waals surface area contributed by atoms with Gasteiger partial charge < -0.3 is 0 Å². The summed E-state index contributed by atoms with van der Waals surface area (Å²) in [7, 11) is -3.00. The van der Waals surface area contributed by atoms with Crippen LogP contribution >= 0.6 is 0 Å². The first-order valence-electron chi connectivity index (χ1n) is 7.10. The number of alkyl halides is 2. The van der Waals surface area contributed by atoms with E-state index in [0.717, 1.165) is 5.56 Å². The number of hydrogen-bond donors (Lipinski definition) is 0. The first kappa shape index (κ1) is 15.1. The molecule has 4 nitrogen and oxygen atoms in total. The average molecular weight is 326 g/mol. The molecule has 0 radical (unpaired) electrons. The number of halogens is 2. The Morgan fingerprint density at radius 3 is 2.36 bits per heavy atom. The standard InChI is InChI=1S/C15H16F2N2O2S/c16-15(17)13-10-14(11-4-2-1-3-5-11)19(18-13)12-6-8-22(20,21)9-7-12/h1-5,10,12,15H,6-9H2. The van der Waals surface area contributed by atoms with Gasteiger partial charge in [-0.2, -0.15) is 5.10 Å². The van der Waals surface area contributed by atoms with E-state index in [1.54, 1.807) is 4.68 Å². The number of rotatable bonds is 3. The fourth-order valence-electron chi connectivity index (χ4n) is 2.75. The van der Waals surface area contributed by atoms with Crippen molar-refractivity contribution in [1.82, 2.24) is 9.78 Å². The molecule has 3 rings (SSSR count). The van der Waals surface area contributed by atoms with Gasteiger partial charge in [0, 0.05) is 0 Å². The molecular weight excluding hydrogens is 310 g/mol. The molecule has 2 heterocycles. The quantitative estimate of drug-likeness (QED) is 0.870. The molecule has 1 fully saturated rings. The molecule has 118 valence electrons. The zero-order chi connectivity index (χ0) is 15.7. The third-order valence-corrected chi connectivity index (χ3v) is 5.63. The van der Waals surface area contributed by atoms with Gasteiger partial charge in [0.1, 0.15) is 15.5 Å². The van der Waals surface area contributed by atoms with Gasteiger partial charge in [-0.3, -0.25) is 4.68 Å². The summed E-state index contributed by atoms with van der Waals surface area (Å²) in [6.45, 7) is 0. The minimum atomic E-state index is -3.00. The summed E-state index contributed by atoms with van der Waals surface area (Å²) in [6, 6.07) is 10.4. The predicted molar refractivity (Wildman–Crippen MR) is 79.5 cm³/mol. The Hall–Kier alpha value is -1.76. The van der Waals surface area contributed by atoms with Crippen molar-refractivity contribution in [2.45, 2.75) is 25.3 Å². The maximum Gasteiger partial charge on any atom is 0.282 e. The van der Waals surface area contributed by atoms with Crippen LogP contribution in [0.5, 0.6) is 0 Å². The lowest BCUT2D eigenvalue weighted by molar-refractivity contribution is 0.144. The second-order valence-corrected chi connectivity index (χ2v) is 7.75. The van der Waals surface area contributed by atoms with Crippen LogP contribution in [0.2, 0.25) is 0 Å². The molecule has 2 aromatic rings. The Kier molecular flexibility index (Phi) is 3.99. The fourth-order valence-corrected chi connectivity index (χ4v) is 4.21. The van der Waals surface area contributed by atoms with E-state index in [1.807, 2.05) is 30.3 Å². The van der Waals surface area contributed by atoms with Crippen LogP contribution in [0.1, 0.15) is 31.0 Å². The summed E-state index contributed by atoms with van der Waals surface area (Å²) >= 11 is 0. The zero-order valence-electron chi connectivity index (χ0n) is 11.8. The third-order valence-electron chi connectivity index (χ3n) is 3.92. The lowest BCUT2D eigenvalue weighted by atomic mass is 10.1. The molecule has 22 heavy (non-hydrogen) atoms. The molecule has 7 heteroatoms. The monoisotopic (exact) mass is 326 g/mol. The number of nitrogens with zero attached hydrogens (tertiary/aromatic N) is 2. The summed E-state index contributed by atoms with van der Waals surface area (Å²) in [4.78, 5) is 0. The first-order chi connectivity index (χ1) is 10.5. The molecule has 1 aromatic carbocycles. The van der Waals surface area contributed by atoms with Gasteiger partial charge in [0.15, 0.2) is 0 Å². The van der Waals surface area contributed by atoms with E-state index in [0.29, 0.717) is 18.5 Å². The fraction of sp³-hybridized carbons (Fsp3) is 0.400. The molecule has 1 aliphatic heterocycles. The largest absolute Gasteiger partial charge is 0.282 e.